The molecule has 1 aromatic heterocycles. The van der Waals surface area contributed by atoms with Crippen LogP contribution in [0.25, 0.3) is 11.0 Å². The molecule has 204 valence electrons. The summed E-state index contributed by atoms with van der Waals surface area (Å²) >= 11 is 0. The Bertz CT molecular complexity index is 1450. The number of methoxy groups -OCH3 is 2. The first-order valence-corrected chi connectivity index (χ1v) is 12.7. The minimum absolute atomic E-state index is 0.0364. The molecule has 1 heterocycles. The van der Waals surface area contributed by atoms with E-state index in [2.05, 4.69) is 29.5 Å². The predicted molar refractivity (Wildman–Crippen MR) is 146 cm³/mol. The van der Waals surface area contributed by atoms with Gasteiger partial charge in [-0.15, -0.1) is 5.10 Å². The lowest BCUT2D eigenvalue weighted by Crippen LogP contribution is -2.46. The highest BCUT2D eigenvalue weighted by molar-refractivity contribution is 6.01. The second-order valence-electron chi connectivity index (χ2n) is 9.44. The lowest BCUT2D eigenvalue weighted by molar-refractivity contribution is -0.127. The zero-order valence-electron chi connectivity index (χ0n) is 22.4. The number of ether oxygens (including phenoxy) is 2. The summed E-state index contributed by atoms with van der Waals surface area (Å²) in [7, 11) is 2.99. The number of halogens is 1. The van der Waals surface area contributed by atoms with E-state index >= 15 is 4.39 Å². The molecule has 0 aliphatic rings. The van der Waals surface area contributed by atoms with Gasteiger partial charge in [-0.1, -0.05) is 49.4 Å². The molecular weight excluding hydrogens is 501 g/mol. The first-order chi connectivity index (χ1) is 18.8. The molecule has 3 aromatic carbocycles. The first-order valence-electron chi connectivity index (χ1n) is 12.7. The highest BCUT2D eigenvalue weighted by atomic mass is 19.1. The molecule has 39 heavy (non-hydrogen) atoms. The smallest absolute Gasteiger partial charge is 0.249 e. The Morgan fingerprint density at radius 3 is 2.44 bits per heavy atom. The van der Waals surface area contributed by atoms with E-state index in [1.165, 1.54) is 42.0 Å². The molecular formula is C29H32FN5O4. The van der Waals surface area contributed by atoms with Crippen LogP contribution in [0, 0.1) is 11.7 Å². The van der Waals surface area contributed by atoms with Gasteiger partial charge in [-0.05, 0) is 54.3 Å². The van der Waals surface area contributed by atoms with Gasteiger partial charge in [0.1, 0.15) is 23.9 Å². The Morgan fingerprint density at radius 2 is 1.72 bits per heavy atom. The number of fused-ring (bicyclic) bond motifs is 1. The second kappa shape index (κ2) is 12.4. The number of hydrogen-bond acceptors (Lipinski definition) is 6. The van der Waals surface area contributed by atoms with Gasteiger partial charge in [0.05, 0.1) is 25.4 Å². The first kappa shape index (κ1) is 27.6. The van der Waals surface area contributed by atoms with Crippen LogP contribution in [-0.2, 0) is 16.1 Å². The molecule has 4 rings (SSSR count). The fourth-order valence-electron chi connectivity index (χ4n) is 4.32. The Kier molecular flexibility index (Phi) is 8.75. The average Bonchev–Trinajstić information content (AvgIpc) is 3.34. The van der Waals surface area contributed by atoms with Crippen LogP contribution in [0.15, 0.2) is 66.7 Å². The largest absolute Gasteiger partial charge is 0.493 e. The number of nitrogens with zero attached hydrogens (tertiary/aromatic N) is 4. The summed E-state index contributed by atoms with van der Waals surface area (Å²) in [6, 6.07) is 16.8. The van der Waals surface area contributed by atoms with Crippen molar-refractivity contribution in [2.45, 2.75) is 32.9 Å². The number of hydrogen-bond donors (Lipinski definition) is 1. The molecule has 1 atom stereocenters. The van der Waals surface area contributed by atoms with Gasteiger partial charge in [0, 0.05) is 6.54 Å². The average molecular weight is 534 g/mol. The van der Waals surface area contributed by atoms with Crippen molar-refractivity contribution in [2.24, 2.45) is 5.92 Å². The van der Waals surface area contributed by atoms with Gasteiger partial charge in [0.25, 0.3) is 0 Å². The molecule has 2 amide bonds. The van der Waals surface area contributed by atoms with Crippen molar-refractivity contribution in [2.75, 3.05) is 25.7 Å². The van der Waals surface area contributed by atoms with Gasteiger partial charge in [-0.25, -0.2) is 9.07 Å². The lowest BCUT2D eigenvalue weighted by Gasteiger charge is -2.32. The molecule has 1 unspecified atom stereocenters. The molecule has 0 saturated carbocycles. The third-order valence-electron chi connectivity index (χ3n) is 6.34. The molecule has 0 aliphatic heterocycles. The highest BCUT2D eigenvalue weighted by Gasteiger charge is 2.35. The minimum Gasteiger partial charge on any atom is -0.493 e. The Labute approximate surface area is 226 Å². The third-order valence-corrected chi connectivity index (χ3v) is 6.34. The number of nitrogens with one attached hydrogen (secondary N) is 1. The van der Waals surface area contributed by atoms with E-state index < -0.39 is 23.7 Å². The number of benzene rings is 3. The van der Waals surface area contributed by atoms with Crippen LogP contribution in [0.1, 0.15) is 31.9 Å². The van der Waals surface area contributed by atoms with Crippen LogP contribution in [0.4, 0.5) is 10.1 Å². The van der Waals surface area contributed by atoms with Gasteiger partial charge in [0.2, 0.25) is 11.8 Å². The van der Waals surface area contributed by atoms with Crippen molar-refractivity contribution in [3.63, 3.8) is 0 Å². The Balaban J connectivity index is 1.82. The summed E-state index contributed by atoms with van der Waals surface area (Å²) < 4.78 is 27.6. The van der Waals surface area contributed by atoms with Gasteiger partial charge >= 0.3 is 0 Å². The summed E-state index contributed by atoms with van der Waals surface area (Å²) in [5.41, 5.74) is 1.65. The third kappa shape index (κ3) is 6.17. The van der Waals surface area contributed by atoms with E-state index in [4.69, 9.17) is 9.47 Å². The highest BCUT2D eigenvalue weighted by Crippen LogP contribution is 2.35. The fourth-order valence-corrected chi connectivity index (χ4v) is 4.32. The van der Waals surface area contributed by atoms with E-state index in [0.717, 1.165) is 6.42 Å². The number of amides is 2. The maximum absolute atomic E-state index is 15.3. The van der Waals surface area contributed by atoms with Crippen molar-refractivity contribution >= 4 is 28.5 Å². The monoisotopic (exact) mass is 533 g/mol. The Morgan fingerprint density at radius 1 is 1.00 bits per heavy atom. The van der Waals surface area contributed by atoms with E-state index in [1.54, 1.807) is 36.4 Å². The quantitative estimate of drug-likeness (QED) is 0.304. The predicted octanol–water partition coefficient (Wildman–Crippen LogP) is 4.52. The van der Waals surface area contributed by atoms with Crippen molar-refractivity contribution in [1.29, 1.82) is 0 Å². The Hall–Kier alpha value is -4.47. The zero-order valence-corrected chi connectivity index (χ0v) is 22.4. The molecule has 0 aliphatic carbocycles. The number of para-hydroxylation sites is 2. The number of carbonyl (C=O) groups excluding carboxylic acids is 2. The van der Waals surface area contributed by atoms with Crippen molar-refractivity contribution in [3.8, 4) is 11.5 Å². The van der Waals surface area contributed by atoms with Gasteiger partial charge in [-0.2, -0.15) is 0 Å². The summed E-state index contributed by atoms with van der Waals surface area (Å²) in [5.74, 6) is -0.460. The summed E-state index contributed by atoms with van der Waals surface area (Å²) in [6.07, 6.45) is 0.739. The molecule has 0 saturated heterocycles. The van der Waals surface area contributed by atoms with Gasteiger partial charge in [-0.3, -0.25) is 14.5 Å². The zero-order chi connectivity index (χ0) is 27.9. The maximum Gasteiger partial charge on any atom is 0.249 e. The number of anilines is 1. The van der Waals surface area contributed by atoms with Crippen LogP contribution in [0.3, 0.4) is 0 Å². The van der Waals surface area contributed by atoms with Gasteiger partial charge in [0.15, 0.2) is 11.5 Å². The summed E-state index contributed by atoms with van der Waals surface area (Å²) in [6.45, 7) is 4.23. The number of aromatic nitrogens is 3. The molecule has 10 heteroatoms. The van der Waals surface area contributed by atoms with Crippen LogP contribution >= 0.6 is 0 Å². The van der Waals surface area contributed by atoms with Crippen LogP contribution in [0.5, 0.6) is 11.5 Å². The summed E-state index contributed by atoms with van der Waals surface area (Å²) in [5, 5.41) is 11.2. The topological polar surface area (TPSA) is 98.6 Å². The van der Waals surface area contributed by atoms with E-state index in [0.29, 0.717) is 40.6 Å². The maximum atomic E-state index is 15.3. The normalized spacial score (nSPS) is 11.8. The van der Waals surface area contributed by atoms with Crippen LogP contribution in [-0.4, -0.2) is 47.6 Å². The molecule has 0 radical (unpaired) electrons. The van der Waals surface area contributed by atoms with E-state index in [1.807, 2.05) is 12.1 Å². The van der Waals surface area contributed by atoms with Crippen molar-refractivity contribution in [3.05, 3.63) is 78.1 Å². The van der Waals surface area contributed by atoms with Crippen LogP contribution in [0.2, 0.25) is 0 Å². The second-order valence-corrected chi connectivity index (χ2v) is 9.44. The summed E-state index contributed by atoms with van der Waals surface area (Å²) in [4.78, 5) is 29.0. The van der Waals surface area contributed by atoms with Crippen LogP contribution < -0.4 is 19.7 Å². The molecule has 1 N–H and O–H groups in total. The molecule has 0 bridgehead atoms. The number of carbonyl (C=O) groups is 2. The number of rotatable bonds is 11. The minimum atomic E-state index is -1.21. The fraction of sp³-hybridized carbons (Fsp3) is 0.310. The van der Waals surface area contributed by atoms with Crippen molar-refractivity contribution in [1.82, 2.24) is 20.3 Å². The lowest BCUT2D eigenvalue weighted by atomic mass is 10.0. The standard InChI is InChI=1S/C29H32FN5O4/c1-19(2)15-16-31-29(37)28(20-13-14-25(38-3)26(17-20)39-4)35(23-11-7-5-9-21(23)30)27(36)18-34-24-12-8-6-10-22(24)32-33-34/h5-14,17,19,28H,15-16,18H2,1-4H3,(H,31,37). The van der Waals surface area contributed by atoms with E-state index in [-0.39, 0.29) is 12.2 Å². The molecule has 0 spiro atoms. The molecule has 0 fully saturated rings. The molecule has 9 nitrogen and oxygen atoms in total. The van der Waals surface area contributed by atoms with E-state index in [9.17, 15) is 9.59 Å². The molecule has 4 aromatic rings. The van der Waals surface area contributed by atoms with Crippen molar-refractivity contribution < 1.29 is 23.5 Å². The van der Waals surface area contributed by atoms with Gasteiger partial charge < -0.3 is 14.8 Å². The SMILES string of the molecule is COc1ccc(C(C(=O)NCCC(C)C)N(C(=O)Cn2nnc3ccccc32)c2ccccc2F)cc1OC.